The first-order valence-corrected chi connectivity index (χ1v) is 7.82. The summed E-state index contributed by atoms with van der Waals surface area (Å²) in [6.07, 6.45) is 4.42. The summed E-state index contributed by atoms with van der Waals surface area (Å²) in [6, 6.07) is 7.65. The lowest BCUT2D eigenvalue weighted by molar-refractivity contribution is -0.124. The van der Waals surface area contributed by atoms with Crippen LogP contribution in [0.2, 0.25) is 0 Å². The highest BCUT2D eigenvalue weighted by Crippen LogP contribution is 2.37. The van der Waals surface area contributed by atoms with Gasteiger partial charge in [0.2, 0.25) is 0 Å². The predicted molar refractivity (Wildman–Crippen MR) is 78.6 cm³/mol. The van der Waals surface area contributed by atoms with Crippen molar-refractivity contribution < 1.29 is 9.59 Å². The Bertz CT molecular complexity index is 555. The summed E-state index contributed by atoms with van der Waals surface area (Å²) in [4.78, 5) is 24.6. The van der Waals surface area contributed by atoms with E-state index in [1.165, 1.54) is 24.6 Å². The minimum Gasteiger partial charge on any atom is -0.351 e. The Hall–Kier alpha value is -1.49. The summed E-state index contributed by atoms with van der Waals surface area (Å²) in [7, 11) is 0. The van der Waals surface area contributed by atoms with Crippen LogP contribution in [-0.2, 0) is 4.79 Å². The first-order valence-electron chi connectivity index (χ1n) is 7.00. The number of hydrogen-bond acceptors (Lipinski definition) is 3. The van der Waals surface area contributed by atoms with E-state index in [0.717, 1.165) is 17.7 Å². The molecule has 4 nitrogen and oxygen atoms in total. The molecule has 1 aliphatic carbocycles. The van der Waals surface area contributed by atoms with Crippen LogP contribution in [0.3, 0.4) is 0 Å². The number of carbonyl (C=O) groups is 2. The lowest BCUT2D eigenvalue weighted by atomic mass is 10.1. The minimum atomic E-state index is -0.923. The molecule has 1 aromatic rings. The number of benzene rings is 1. The molecule has 1 fully saturated rings. The molecule has 0 saturated heterocycles. The van der Waals surface area contributed by atoms with Gasteiger partial charge in [0, 0.05) is 10.9 Å². The molecule has 1 heterocycles. The average Bonchev–Trinajstić information content (AvgIpc) is 2.91. The van der Waals surface area contributed by atoms with Crippen molar-refractivity contribution in [2.24, 2.45) is 0 Å². The maximum absolute atomic E-state index is 12.5. The second-order valence-corrected chi connectivity index (χ2v) is 7.00. The molecular formula is C15H18N2O2S. The third kappa shape index (κ3) is 2.42. The number of amides is 2. The van der Waals surface area contributed by atoms with Crippen LogP contribution in [0.5, 0.6) is 0 Å². The highest BCUT2D eigenvalue weighted by Gasteiger charge is 2.41. The monoisotopic (exact) mass is 290 g/mol. The van der Waals surface area contributed by atoms with Crippen LogP contribution in [-0.4, -0.2) is 22.7 Å². The Morgan fingerprint density at radius 2 is 2.05 bits per heavy atom. The van der Waals surface area contributed by atoms with Crippen LogP contribution in [0.15, 0.2) is 29.2 Å². The zero-order valence-corrected chi connectivity index (χ0v) is 12.3. The third-order valence-electron chi connectivity index (χ3n) is 3.92. The number of thioether (sulfide) groups is 1. The molecule has 5 heteroatoms. The Morgan fingerprint density at radius 3 is 2.80 bits per heavy atom. The first-order chi connectivity index (χ1) is 9.58. The third-order valence-corrected chi connectivity index (χ3v) is 5.19. The minimum absolute atomic E-state index is 0.0998. The predicted octanol–water partition coefficient (Wildman–Crippen LogP) is 2.30. The highest BCUT2D eigenvalue weighted by atomic mass is 32.2. The van der Waals surface area contributed by atoms with E-state index in [9.17, 15) is 9.59 Å². The second-order valence-electron chi connectivity index (χ2n) is 5.54. The Kier molecular flexibility index (Phi) is 3.46. The maximum Gasteiger partial charge on any atom is 0.256 e. The Balaban J connectivity index is 1.79. The van der Waals surface area contributed by atoms with Gasteiger partial charge in [-0.3, -0.25) is 9.59 Å². The van der Waals surface area contributed by atoms with E-state index in [1.807, 2.05) is 18.2 Å². The molecular weight excluding hydrogens is 272 g/mol. The fourth-order valence-corrected chi connectivity index (χ4v) is 3.92. The molecule has 2 aliphatic rings. The van der Waals surface area contributed by atoms with E-state index in [1.54, 1.807) is 13.0 Å². The van der Waals surface area contributed by atoms with Gasteiger partial charge in [-0.2, -0.15) is 0 Å². The van der Waals surface area contributed by atoms with Gasteiger partial charge < -0.3 is 10.6 Å². The van der Waals surface area contributed by atoms with Gasteiger partial charge in [-0.25, -0.2) is 0 Å². The lowest BCUT2D eigenvalue weighted by Gasteiger charge is -2.34. The molecule has 1 saturated carbocycles. The van der Waals surface area contributed by atoms with Crippen LogP contribution in [0.25, 0.3) is 0 Å². The van der Waals surface area contributed by atoms with E-state index in [2.05, 4.69) is 10.6 Å². The van der Waals surface area contributed by atoms with Crippen molar-refractivity contribution in [3.05, 3.63) is 29.8 Å². The summed E-state index contributed by atoms with van der Waals surface area (Å²) < 4.78 is 0. The van der Waals surface area contributed by atoms with Gasteiger partial charge in [0.15, 0.2) is 4.87 Å². The largest absolute Gasteiger partial charge is 0.351 e. The molecule has 0 spiro atoms. The van der Waals surface area contributed by atoms with Gasteiger partial charge >= 0.3 is 0 Å². The smallest absolute Gasteiger partial charge is 0.256 e. The standard InChI is InChI=1S/C15H18N2O2S/c1-15(14(19)16-10-6-2-3-7-10)17-13(18)11-8-4-5-9-12(11)20-15/h4-5,8-10H,2-3,6-7H2,1H3,(H,16,19)(H,17,18). The van der Waals surface area contributed by atoms with E-state index in [0.29, 0.717) is 5.56 Å². The molecule has 1 atom stereocenters. The van der Waals surface area contributed by atoms with Crippen LogP contribution < -0.4 is 10.6 Å². The van der Waals surface area contributed by atoms with Crippen molar-refractivity contribution in [3.63, 3.8) is 0 Å². The van der Waals surface area contributed by atoms with Crippen molar-refractivity contribution in [2.75, 3.05) is 0 Å². The number of rotatable bonds is 2. The highest BCUT2D eigenvalue weighted by molar-refractivity contribution is 8.01. The summed E-state index contributed by atoms with van der Waals surface area (Å²) in [5, 5.41) is 5.90. The Labute approximate surface area is 122 Å². The maximum atomic E-state index is 12.5. The van der Waals surface area contributed by atoms with Gasteiger partial charge in [0.25, 0.3) is 11.8 Å². The van der Waals surface area contributed by atoms with Crippen molar-refractivity contribution in [3.8, 4) is 0 Å². The SMILES string of the molecule is CC1(C(=O)NC2CCCC2)NC(=O)c2ccccc2S1. The number of fused-ring (bicyclic) bond motifs is 1. The molecule has 2 N–H and O–H groups in total. The zero-order chi connectivity index (χ0) is 14.2. The van der Waals surface area contributed by atoms with Crippen molar-refractivity contribution in [1.29, 1.82) is 0 Å². The van der Waals surface area contributed by atoms with Gasteiger partial charge in [-0.1, -0.05) is 36.7 Å². The van der Waals surface area contributed by atoms with Gasteiger partial charge in [-0.05, 0) is 31.9 Å². The number of carbonyl (C=O) groups excluding carboxylic acids is 2. The van der Waals surface area contributed by atoms with Crippen LogP contribution in [0, 0.1) is 0 Å². The molecule has 2 amide bonds. The summed E-state index contributed by atoms with van der Waals surface area (Å²) in [5.41, 5.74) is 0.642. The van der Waals surface area contributed by atoms with Crippen LogP contribution >= 0.6 is 11.8 Å². The van der Waals surface area contributed by atoms with Crippen molar-refractivity contribution in [1.82, 2.24) is 10.6 Å². The molecule has 0 aromatic heterocycles. The molecule has 1 aromatic carbocycles. The Morgan fingerprint density at radius 1 is 1.35 bits per heavy atom. The first kappa shape index (κ1) is 13.5. The molecule has 0 radical (unpaired) electrons. The molecule has 106 valence electrons. The fraction of sp³-hybridized carbons (Fsp3) is 0.467. The summed E-state index contributed by atoms with van der Waals surface area (Å²) in [6.45, 7) is 1.77. The lowest BCUT2D eigenvalue weighted by Crippen LogP contribution is -2.57. The molecule has 1 aliphatic heterocycles. The van der Waals surface area contributed by atoms with E-state index in [4.69, 9.17) is 0 Å². The van der Waals surface area contributed by atoms with Gasteiger partial charge in [0.05, 0.1) is 5.56 Å². The molecule has 3 rings (SSSR count). The van der Waals surface area contributed by atoms with E-state index in [-0.39, 0.29) is 17.9 Å². The average molecular weight is 290 g/mol. The summed E-state index contributed by atoms with van der Waals surface area (Å²) >= 11 is 1.41. The van der Waals surface area contributed by atoms with Gasteiger partial charge in [-0.15, -0.1) is 0 Å². The normalized spacial score (nSPS) is 25.9. The molecule has 20 heavy (non-hydrogen) atoms. The van der Waals surface area contributed by atoms with Crippen molar-refractivity contribution in [2.45, 2.75) is 48.4 Å². The zero-order valence-electron chi connectivity index (χ0n) is 11.4. The van der Waals surface area contributed by atoms with Crippen LogP contribution in [0.4, 0.5) is 0 Å². The molecule has 0 bridgehead atoms. The van der Waals surface area contributed by atoms with E-state index < -0.39 is 4.87 Å². The van der Waals surface area contributed by atoms with Crippen molar-refractivity contribution >= 4 is 23.6 Å². The quantitative estimate of drug-likeness (QED) is 0.878. The summed E-state index contributed by atoms with van der Waals surface area (Å²) in [5.74, 6) is -0.277. The molecule has 1 unspecified atom stereocenters. The number of nitrogens with one attached hydrogen (secondary N) is 2. The fourth-order valence-electron chi connectivity index (χ4n) is 2.77. The van der Waals surface area contributed by atoms with Gasteiger partial charge in [0.1, 0.15) is 0 Å². The number of hydrogen-bond donors (Lipinski definition) is 2. The van der Waals surface area contributed by atoms with E-state index >= 15 is 0 Å². The topological polar surface area (TPSA) is 58.2 Å². The van der Waals surface area contributed by atoms with Crippen LogP contribution in [0.1, 0.15) is 43.0 Å². The second kappa shape index (κ2) is 5.13.